The number of esters is 1. The number of benzene rings is 3. The van der Waals surface area contributed by atoms with Crippen molar-refractivity contribution in [3.05, 3.63) is 87.1 Å². The monoisotopic (exact) mass is 492 g/mol. The number of ketones is 1. The van der Waals surface area contributed by atoms with Crippen molar-refractivity contribution in [2.45, 2.75) is 20.0 Å². The normalized spacial score (nSPS) is 15.2. The van der Waals surface area contributed by atoms with Gasteiger partial charge in [-0.3, -0.25) is 9.59 Å². The Bertz CT molecular complexity index is 1360. The Balaban J connectivity index is 1.37. The molecule has 2 aliphatic heterocycles. The molecule has 0 radical (unpaired) electrons. The van der Waals surface area contributed by atoms with E-state index in [0.717, 1.165) is 11.1 Å². The van der Waals surface area contributed by atoms with Crippen LogP contribution in [0, 0.1) is 6.92 Å². The maximum absolute atomic E-state index is 13.1. The van der Waals surface area contributed by atoms with Crippen molar-refractivity contribution in [1.82, 2.24) is 0 Å². The molecular formula is C27H21ClO7. The molecule has 0 unspecified atom stereocenters. The molecule has 2 heterocycles. The van der Waals surface area contributed by atoms with E-state index in [1.54, 1.807) is 68.6 Å². The van der Waals surface area contributed by atoms with Crippen LogP contribution in [0.3, 0.4) is 0 Å². The van der Waals surface area contributed by atoms with Gasteiger partial charge in [-0.15, -0.1) is 0 Å². The zero-order valence-corrected chi connectivity index (χ0v) is 19.8. The van der Waals surface area contributed by atoms with Crippen molar-refractivity contribution in [1.29, 1.82) is 0 Å². The standard InChI is InChI=1S/C27H21ClO7/c1-15-7-21(34-24(29)8-16-3-5-20(31-2)6-4-16)12-22-25(15)26(30)23(35-22)11-17-9-19(28)10-18-13-32-14-33-27(17)18/h3-7,9-12H,8,13-14H2,1-2H3/b23-11-. The van der Waals surface area contributed by atoms with E-state index in [1.807, 2.05) is 0 Å². The first-order chi connectivity index (χ1) is 16.9. The van der Waals surface area contributed by atoms with Crippen LogP contribution in [-0.4, -0.2) is 25.7 Å². The van der Waals surface area contributed by atoms with Crippen molar-refractivity contribution in [2.75, 3.05) is 13.9 Å². The predicted molar refractivity (Wildman–Crippen MR) is 128 cm³/mol. The smallest absolute Gasteiger partial charge is 0.315 e. The zero-order valence-electron chi connectivity index (χ0n) is 19.1. The van der Waals surface area contributed by atoms with E-state index in [1.165, 1.54) is 0 Å². The summed E-state index contributed by atoms with van der Waals surface area (Å²) in [6.07, 6.45) is 1.70. The molecule has 0 aliphatic carbocycles. The molecular weight excluding hydrogens is 472 g/mol. The van der Waals surface area contributed by atoms with Gasteiger partial charge in [0.25, 0.3) is 0 Å². The second-order valence-corrected chi connectivity index (χ2v) is 8.58. The highest BCUT2D eigenvalue weighted by molar-refractivity contribution is 6.31. The summed E-state index contributed by atoms with van der Waals surface area (Å²) in [4.78, 5) is 25.6. The predicted octanol–water partition coefficient (Wildman–Crippen LogP) is 5.29. The van der Waals surface area contributed by atoms with Gasteiger partial charge >= 0.3 is 5.97 Å². The second-order valence-electron chi connectivity index (χ2n) is 8.15. The van der Waals surface area contributed by atoms with E-state index in [9.17, 15) is 9.59 Å². The third-order valence-corrected chi connectivity index (χ3v) is 5.89. The number of methoxy groups -OCH3 is 1. The first kappa shape index (κ1) is 23.0. The Morgan fingerprint density at radius 1 is 1.11 bits per heavy atom. The number of Topliss-reactive ketones (excluding diaryl/α,β-unsaturated/α-hetero) is 1. The second kappa shape index (κ2) is 9.44. The summed E-state index contributed by atoms with van der Waals surface area (Å²) in [6.45, 7) is 2.25. The van der Waals surface area contributed by atoms with Gasteiger partial charge in [-0.1, -0.05) is 23.7 Å². The van der Waals surface area contributed by atoms with E-state index in [-0.39, 0.29) is 24.8 Å². The number of rotatable bonds is 5. The summed E-state index contributed by atoms with van der Waals surface area (Å²) in [7, 11) is 1.58. The van der Waals surface area contributed by atoms with E-state index in [2.05, 4.69) is 0 Å². The van der Waals surface area contributed by atoms with Crippen LogP contribution in [-0.2, 0) is 22.6 Å². The molecule has 0 N–H and O–H groups in total. The van der Waals surface area contributed by atoms with Crippen LogP contribution in [0.1, 0.15) is 32.6 Å². The molecule has 0 fully saturated rings. The molecule has 0 atom stereocenters. The highest BCUT2D eigenvalue weighted by Gasteiger charge is 2.31. The number of fused-ring (bicyclic) bond motifs is 2. The molecule has 2 aliphatic rings. The van der Waals surface area contributed by atoms with Crippen LogP contribution in [0.25, 0.3) is 6.08 Å². The summed E-state index contributed by atoms with van der Waals surface area (Å²) in [5.41, 5.74) is 3.27. The molecule has 3 aromatic rings. The van der Waals surface area contributed by atoms with Gasteiger partial charge in [0.05, 0.1) is 25.7 Å². The Kier molecular flexibility index (Phi) is 6.19. The first-order valence-electron chi connectivity index (χ1n) is 10.9. The lowest BCUT2D eigenvalue weighted by Gasteiger charge is -2.20. The van der Waals surface area contributed by atoms with Gasteiger partial charge in [-0.05, 0) is 54.5 Å². The fraction of sp³-hybridized carbons (Fsp3) is 0.185. The largest absolute Gasteiger partial charge is 0.497 e. The third-order valence-electron chi connectivity index (χ3n) is 5.67. The summed E-state index contributed by atoms with van der Waals surface area (Å²) < 4.78 is 27.5. The number of carbonyl (C=O) groups excluding carboxylic acids is 2. The molecule has 0 bridgehead atoms. The van der Waals surface area contributed by atoms with Crippen LogP contribution in [0.2, 0.25) is 5.02 Å². The van der Waals surface area contributed by atoms with Gasteiger partial charge in [0.15, 0.2) is 12.6 Å². The number of ether oxygens (including phenoxy) is 5. The molecule has 0 saturated carbocycles. The maximum Gasteiger partial charge on any atom is 0.315 e. The summed E-state index contributed by atoms with van der Waals surface area (Å²) in [5.74, 6) is 1.37. The topological polar surface area (TPSA) is 80.3 Å². The van der Waals surface area contributed by atoms with Crippen molar-refractivity contribution in [2.24, 2.45) is 0 Å². The van der Waals surface area contributed by atoms with Crippen molar-refractivity contribution in [3.8, 4) is 23.0 Å². The fourth-order valence-electron chi connectivity index (χ4n) is 4.07. The lowest BCUT2D eigenvalue weighted by molar-refractivity contribution is -0.133. The number of carbonyl (C=O) groups is 2. The highest BCUT2D eigenvalue weighted by Crippen LogP contribution is 2.39. The minimum absolute atomic E-state index is 0.0919. The molecule has 0 spiro atoms. The van der Waals surface area contributed by atoms with Crippen LogP contribution >= 0.6 is 11.6 Å². The van der Waals surface area contributed by atoms with E-state index >= 15 is 0 Å². The molecule has 3 aromatic carbocycles. The molecule has 35 heavy (non-hydrogen) atoms. The maximum atomic E-state index is 13.1. The lowest BCUT2D eigenvalue weighted by atomic mass is 10.0. The SMILES string of the molecule is COc1ccc(CC(=O)Oc2cc(C)c3c(c2)O/C(=C\c2cc(Cl)cc4c2OCOC4)C3=O)cc1. The van der Waals surface area contributed by atoms with Gasteiger partial charge in [0.1, 0.15) is 23.0 Å². The highest BCUT2D eigenvalue weighted by atomic mass is 35.5. The minimum atomic E-state index is -0.431. The van der Waals surface area contributed by atoms with Crippen LogP contribution in [0.4, 0.5) is 0 Å². The number of hydrogen-bond donors (Lipinski definition) is 0. The number of halogens is 1. The Morgan fingerprint density at radius 3 is 2.69 bits per heavy atom. The van der Waals surface area contributed by atoms with Crippen molar-refractivity contribution < 1.29 is 33.3 Å². The van der Waals surface area contributed by atoms with Gasteiger partial charge in [0.2, 0.25) is 5.78 Å². The van der Waals surface area contributed by atoms with E-state index < -0.39 is 5.97 Å². The summed E-state index contributed by atoms with van der Waals surface area (Å²) >= 11 is 6.24. The summed E-state index contributed by atoms with van der Waals surface area (Å²) in [5, 5.41) is 0.495. The Morgan fingerprint density at radius 2 is 1.91 bits per heavy atom. The lowest BCUT2D eigenvalue weighted by Crippen LogP contribution is -2.12. The van der Waals surface area contributed by atoms with E-state index in [0.29, 0.717) is 51.3 Å². The average molecular weight is 493 g/mol. The number of allylic oxidation sites excluding steroid dienone is 1. The fourth-order valence-corrected chi connectivity index (χ4v) is 4.32. The molecule has 0 amide bonds. The number of aryl methyl sites for hydroxylation is 1. The van der Waals surface area contributed by atoms with Crippen LogP contribution in [0.15, 0.2) is 54.3 Å². The summed E-state index contributed by atoms with van der Waals surface area (Å²) in [6, 6.07) is 13.8. The molecule has 7 nitrogen and oxygen atoms in total. The quantitative estimate of drug-likeness (QED) is 0.272. The first-order valence-corrected chi connectivity index (χ1v) is 11.2. The molecule has 8 heteroatoms. The van der Waals surface area contributed by atoms with Crippen molar-refractivity contribution in [3.63, 3.8) is 0 Å². The van der Waals surface area contributed by atoms with E-state index in [4.69, 9.17) is 35.3 Å². The molecule has 0 saturated heterocycles. The minimum Gasteiger partial charge on any atom is -0.497 e. The van der Waals surface area contributed by atoms with Crippen LogP contribution in [0.5, 0.6) is 23.0 Å². The zero-order chi connectivity index (χ0) is 24.5. The van der Waals surface area contributed by atoms with Gasteiger partial charge in [-0.25, -0.2) is 0 Å². The molecule has 178 valence electrons. The third kappa shape index (κ3) is 4.73. The Hall–Kier alpha value is -3.81. The average Bonchev–Trinajstić information content (AvgIpc) is 3.14. The van der Waals surface area contributed by atoms with Crippen LogP contribution < -0.4 is 18.9 Å². The van der Waals surface area contributed by atoms with Crippen molar-refractivity contribution >= 4 is 29.4 Å². The Labute approximate surface area is 206 Å². The molecule has 0 aromatic heterocycles. The van der Waals surface area contributed by atoms with Gasteiger partial charge < -0.3 is 23.7 Å². The van der Waals surface area contributed by atoms with Gasteiger partial charge in [-0.2, -0.15) is 0 Å². The molecule has 5 rings (SSSR count). The number of hydrogen-bond acceptors (Lipinski definition) is 7. The van der Waals surface area contributed by atoms with Gasteiger partial charge in [0, 0.05) is 22.2 Å².